The molecule has 0 aliphatic carbocycles. The molecule has 1 aromatic carbocycles. The van der Waals surface area contributed by atoms with E-state index in [2.05, 4.69) is 10.6 Å². The van der Waals surface area contributed by atoms with Gasteiger partial charge in [-0.05, 0) is 27.7 Å². The van der Waals surface area contributed by atoms with Crippen molar-refractivity contribution in [2.75, 3.05) is 0 Å². The number of hydrogen-bond donors (Lipinski definition) is 2. The predicted octanol–water partition coefficient (Wildman–Crippen LogP) is 2.16. The van der Waals surface area contributed by atoms with Crippen LogP contribution in [-0.2, 0) is 4.79 Å². The first kappa shape index (κ1) is 16.1. The van der Waals surface area contributed by atoms with E-state index in [1.54, 1.807) is 25.1 Å². The summed E-state index contributed by atoms with van der Waals surface area (Å²) in [6.45, 7) is 7.32. The van der Waals surface area contributed by atoms with E-state index in [4.69, 9.17) is 0 Å². The fourth-order valence-electron chi connectivity index (χ4n) is 1.97. The summed E-state index contributed by atoms with van der Waals surface area (Å²) in [6, 6.07) is 5.89. The Morgan fingerprint density at radius 3 is 2.35 bits per heavy atom. The van der Waals surface area contributed by atoms with E-state index in [0.717, 1.165) is 0 Å². The van der Waals surface area contributed by atoms with Crippen LogP contribution >= 0.6 is 0 Å². The van der Waals surface area contributed by atoms with Crippen LogP contribution in [0, 0.1) is 10.1 Å². The van der Waals surface area contributed by atoms with Crippen LogP contribution in [0.1, 0.15) is 39.3 Å². The zero-order valence-corrected chi connectivity index (χ0v) is 12.2. The van der Waals surface area contributed by atoms with E-state index in [1.807, 2.05) is 20.8 Å². The quantitative estimate of drug-likeness (QED) is 0.617. The molecule has 20 heavy (non-hydrogen) atoms. The van der Waals surface area contributed by atoms with E-state index in [1.165, 1.54) is 6.07 Å². The highest BCUT2D eigenvalue weighted by Crippen LogP contribution is 2.24. The Kier molecular flexibility index (Phi) is 5.64. The molecule has 2 unspecified atom stereocenters. The second kappa shape index (κ2) is 7.00. The molecule has 1 aromatic rings. The van der Waals surface area contributed by atoms with Gasteiger partial charge in [-0.15, -0.1) is 0 Å². The van der Waals surface area contributed by atoms with E-state index in [-0.39, 0.29) is 23.7 Å². The minimum atomic E-state index is -0.424. The molecule has 0 aromatic heterocycles. The maximum absolute atomic E-state index is 11.8. The Bertz CT molecular complexity index is 488. The van der Waals surface area contributed by atoms with Crippen molar-refractivity contribution in [2.24, 2.45) is 0 Å². The van der Waals surface area contributed by atoms with Crippen molar-refractivity contribution in [3.63, 3.8) is 0 Å². The van der Waals surface area contributed by atoms with Gasteiger partial charge < -0.3 is 5.32 Å². The number of carbonyl (C=O) groups excluding carboxylic acids is 1. The number of amides is 1. The maximum atomic E-state index is 11.8. The molecule has 2 atom stereocenters. The molecular formula is C14H21N3O3. The lowest BCUT2D eigenvalue weighted by Crippen LogP contribution is -2.45. The Hall–Kier alpha value is -1.95. The molecule has 0 spiro atoms. The Morgan fingerprint density at radius 1 is 1.20 bits per heavy atom. The highest BCUT2D eigenvalue weighted by Gasteiger charge is 2.22. The number of benzene rings is 1. The molecular weight excluding hydrogens is 258 g/mol. The zero-order chi connectivity index (χ0) is 15.3. The summed E-state index contributed by atoms with van der Waals surface area (Å²) in [6.07, 6.45) is 0. The molecule has 0 aliphatic rings. The summed E-state index contributed by atoms with van der Waals surface area (Å²) in [5.74, 6) is -0.120. The molecule has 6 nitrogen and oxygen atoms in total. The Balaban J connectivity index is 2.79. The molecule has 0 aliphatic heterocycles. The molecule has 0 radical (unpaired) electrons. The van der Waals surface area contributed by atoms with Crippen LogP contribution in [0.5, 0.6) is 0 Å². The standard InChI is InChI=1S/C14H21N3O3/c1-9(2)15-14(18)11(4)16-10(3)12-7-5-6-8-13(12)17(19)20/h5-11,16H,1-4H3,(H,15,18). The molecule has 110 valence electrons. The SMILES string of the molecule is CC(C)NC(=O)C(C)NC(C)c1ccccc1[N+](=O)[O-]. The second-order valence-electron chi connectivity index (χ2n) is 5.09. The number of para-hydroxylation sites is 1. The van der Waals surface area contributed by atoms with E-state index >= 15 is 0 Å². The molecule has 0 saturated heterocycles. The number of hydrogen-bond acceptors (Lipinski definition) is 4. The van der Waals surface area contributed by atoms with Crippen molar-refractivity contribution in [1.82, 2.24) is 10.6 Å². The topological polar surface area (TPSA) is 84.3 Å². The van der Waals surface area contributed by atoms with Crippen molar-refractivity contribution < 1.29 is 9.72 Å². The molecule has 0 heterocycles. The second-order valence-corrected chi connectivity index (χ2v) is 5.09. The lowest BCUT2D eigenvalue weighted by molar-refractivity contribution is -0.385. The van der Waals surface area contributed by atoms with Gasteiger partial charge in [-0.3, -0.25) is 20.2 Å². The van der Waals surface area contributed by atoms with Crippen molar-refractivity contribution in [3.05, 3.63) is 39.9 Å². The average Bonchev–Trinajstić information content (AvgIpc) is 2.37. The highest BCUT2D eigenvalue weighted by molar-refractivity contribution is 5.81. The lowest BCUT2D eigenvalue weighted by atomic mass is 10.1. The van der Waals surface area contributed by atoms with Gasteiger partial charge in [-0.25, -0.2) is 0 Å². The number of nitro benzene ring substituents is 1. The average molecular weight is 279 g/mol. The summed E-state index contributed by atoms with van der Waals surface area (Å²) < 4.78 is 0. The van der Waals surface area contributed by atoms with Crippen LogP contribution in [0.15, 0.2) is 24.3 Å². The van der Waals surface area contributed by atoms with Gasteiger partial charge in [0.2, 0.25) is 5.91 Å². The van der Waals surface area contributed by atoms with Crippen LogP contribution in [0.3, 0.4) is 0 Å². The van der Waals surface area contributed by atoms with Gasteiger partial charge in [0, 0.05) is 23.7 Å². The zero-order valence-electron chi connectivity index (χ0n) is 12.2. The van der Waals surface area contributed by atoms with E-state index < -0.39 is 11.0 Å². The number of carbonyl (C=O) groups is 1. The molecule has 0 saturated carbocycles. The van der Waals surface area contributed by atoms with Gasteiger partial charge in [0.1, 0.15) is 0 Å². The molecule has 6 heteroatoms. The summed E-state index contributed by atoms with van der Waals surface area (Å²) in [4.78, 5) is 22.4. The summed E-state index contributed by atoms with van der Waals surface area (Å²) in [5.41, 5.74) is 0.630. The monoisotopic (exact) mass is 279 g/mol. The first-order chi connectivity index (χ1) is 9.32. The van der Waals surface area contributed by atoms with Gasteiger partial charge in [0.15, 0.2) is 0 Å². The van der Waals surface area contributed by atoms with Crippen LogP contribution in [-0.4, -0.2) is 22.9 Å². The maximum Gasteiger partial charge on any atom is 0.274 e. The van der Waals surface area contributed by atoms with Crippen LogP contribution in [0.25, 0.3) is 0 Å². The van der Waals surface area contributed by atoms with Crippen molar-refractivity contribution in [3.8, 4) is 0 Å². The largest absolute Gasteiger partial charge is 0.353 e. The fraction of sp³-hybridized carbons (Fsp3) is 0.500. The Labute approximate surface area is 118 Å². The lowest BCUT2D eigenvalue weighted by Gasteiger charge is -2.21. The summed E-state index contributed by atoms with van der Waals surface area (Å²) >= 11 is 0. The minimum Gasteiger partial charge on any atom is -0.353 e. The summed E-state index contributed by atoms with van der Waals surface area (Å²) in [5, 5.41) is 16.9. The highest BCUT2D eigenvalue weighted by atomic mass is 16.6. The Morgan fingerprint density at radius 2 is 1.80 bits per heavy atom. The third-order valence-electron chi connectivity index (χ3n) is 2.92. The first-order valence-electron chi connectivity index (χ1n) is 6.62. The van der Waals surface area contributed by atoms with Crippen LogP contribution in [0.2, 0.25) is 0 Å². The predicted molar refractivity (Wildman–Crippen MR) is 77.4 cm³/mol. The van der Waals surface area contributed by atoms with Gasteiger partial charge in [0.25, 0.3) is 5.69 Å². The third-order valence-corrected chi connectivity index (χ3v) is 2.92. The van der Waals surface area contributed by atoms with Gasteiger partial charge in [-0.2, -0.15) is 0 Å². The minimum absolute atomic E-state index is 0.0592. The molecule has 2 N–H and O–H groups in total. The molecule has 1 rings (SSSR count). The van der Waals surface area contributed by atoms with E-state index in [9.17, 15) is 14.9 Å². The van der Waals surface area contributed by atoms with Gasteiger partial charge >= 0.3 is 0 Å². The van der Waals surface area contributed by atoms with E-state index in [0.29, 0.717) is 5.56 Å². The van der Waals surface area contributed by atoms with Crippen molar-refractivity contribution in [2.45, 2.75) is 45.8 Å². The smallest absolute Gasteiger partial charge is 0.274 e. The first-order valence-corrected chi connectivity index (χ1v) is 6.62. The van der Waals surface area contributed by atoms with Crippen molar-refractivity contribution in [1.29, 1.82) is 0 Å². The summed E-state index contributed by atoms with van der Waals surface area (Å²) in [7, 11) is 0. The van der Waals surface area contributed by atoms with Crippen LogP contribution < -0.4 is 10.6 Å². The molecule has 1 amide bonds. The number of nitro groups is 1. The number of rotatable bonds is 6. The third kappa shape index (κ3) is 4.31. The van der Waals surface area contributed by atoms with Crippen molar-refractivity contribution >= 4 is 11.6 Å². The fourth-order valence-corrected chi connectivity index (χ4v) is 1.97. The number of nitrogens with zero attached hydrogens (tertiary/aromatic N) is 1. The van der Waals surface area contributed by atoms with Gasteiger partial charge in [-0.1, -0.05) is 18.2 Å². The number of nitrogens with one attached hydrogen (secondary N) is 2. The van der Waals surface area contributed by atoms with Gasteiger partial charge in [0.05, 0.1) is 11.0 Å². The molecule has 0 fully saturated rings. The van der Waals surface area contributed by atoms with Crippen LogP contribution in [0.4, 0.5) is 5.69 Å². The molecule has 0 bridgehead atoms. The normalized spacial score (nSPS) is 13.8.